The number of rotatable bonds is 4. The van der Waals surface area contributed by atoms with E-state index in [1.165, 1.54) is 10.4 Å². The van der Waals surface area contributed by atoms with Crippen molar-refractivity contribution in [3.63, 3.8) is 0 Å². The number of hydrogen-bond donors (Lipinski definition) is 1. The normalized spacial score (nSPS) is 15.9. The summed E-state index contributed by atoms with van der Waals surface area (Å²) in [5.41, 5.74) is 2.15. The Hall–Kier alpha value is -2.71. The van der Waals surface area contributed by atoms with Gasteiger partial charge >= 0.3 is 0 Å². The maximum Gasteiger partial charge on any atom is 0.255 e. The van der Waals surface area contributed by atoms with Crippen molar-refractivity contribution in [2.24, 2.45) is 0 Å². The smallest absolute Gasteiger partial charge is 0.255 e. The molecule has 1 fully saturated rings. The molecule has 4 rings (SSSR count). The molecule has 2 heterocycles. The van der Waals surface area contributed by atoms with Gasteiger partial charge in [-0.1, -0.05) is 18.9 Å². The molecule has 1 aliphatic rings. The largest absolute Gasteiger partial charge is 0.441 e. The van der Waals surface area contributed by atoms with Crippen LogP contribution in [0.1, 0.15) is 41.9 Å². The van der Waals surface area contributed by atoms with Crippen LogP contribution in [-0.2, 0) is 10.0 Å². The first-order valence-electron chi connectivity index (χ1n) is 9.72. The Kier molecular flexibility index (Phi) is 5.38. The van der Waals surface area contributed by atoms with Crippen molar-refractivity contribution in [1.82, 2.24) is 9.29 Å². The Morgan fingerprint density at radius 1 is 1.07 bits per heavy atom. The zero-order valence-corrected chi connectivity index (χ0v) is 17.0. The van der Waals surface area contributed by atoms with Gasteiger partial charge in [-0.15, -0.1) is 0 Å². The van der Waals surface area contributed by atoms with Gasteiger partial charge < -0.3 is 9.73 Å². The van der Waals surface area contributed by atoms with Gasteiger partial charge in [0.25, 0.3) is 5.91 Å². The number of benzene rings is 2. The minimum Gasteiger partial charge on any atom is -0.441 e. The standard InChI is InChI=1S/C21H23N3O4S/c1-15-22-19-14-17(9-10-20(19)28-15)23-21(25)16-7-6-8-18(13-16)29(26,27)24-11-4-2-3-5-12-24/h6-10,13-14H,2-5,11-12H2,1H3,(H,23,25). The molecule has 0 atom stereocenters. The number of carbonyl (C=O) groups is 1. The van der Waals surface area contributed by atoms with Gasteiger partial charge in [-0.3, -0.25) is 4.79 Å². The van der Waals surface area contributed by atoms with Crippen LogP contribution in [0.15, 0.2) is 51.8 Å². The third-order valence-electron chi connectivity index (χ3n) is 5.05. The highest BCUT2D eigenvalue weighted by Crippen LogP contribution is 2.23. The third kappa shape index (κ3) is 4.18. The minimum atomic E-state index is -3.61. The number of aromatic nitrogens is 1. The topological polar surface area (TPSA) is 92.5 Å². The lowest BCUT2D eigenvalue weighted by Gasteiger charge is -2.20. The van der Waals surface area contributed by atoms with E-state index in [4.69, 9.17) is 4.42 Å². The first-order valence-corrected chi connectivity index (χ1v) is 11.2. The van der Waals surface area contributed by atoms with Crippen molar-refractivity contribution in [3.05, 3.63) is 53.9 Å². The molecule has 1 aromatic heterocycles. The summed E-state index contributed by atoms with van der Waals surface area (Å²) in [7, 11) is -3.61. The predicted octanol–water partition coefficient (Wildman–Crippen LogP) is 3.95. The van der Waals surface area contributed by atoms with Crippen LogP contribution in [0, 0.1) is 6.92 Å². The van der Waals surface area contributed by atoms with Crippen molar-refractivity contribution in [2.75, 3.05) is 18.4 Å². The molecule has 0 radical (unpaired) electrons. The van der Waals surface area contributed by atoms with Gasteiger partial charge in [0.15, 0.2) is 11.5 Å². The molecule has 3 aromatic rings. The SMILES string of the molecule is Cc1nc2cc(NC(=O)c3cccc(S(=O)(=O)N4CCCCCC4)c3)ccc2o1. The van der Waals surface area contributed by atoms with Gasteiger partial charge in [0, 0.05) is 31.3 Å². The van der Waals surface area contributed by atoms with Gasteiger partial charge in [0.1, 0.15) is 5.52 Å². The number of amides is 1. The second kappa shape index (κ2) is 7.96. The minimum absolute atomic E-state index is 0.148. The predicted molar refractivity (Wildman–Crippen MR) is 110 cm³/mol. The molecule has 0 bridgehead atoms. The summed E-state index contributed by atoms with van der Waals surface area (Å²) >= 11 is 0. The first kappa shape index (κ1) is 19.6. The lowest BCUT2D eigenvalue weighted by molar-refractivity contribution is 0.102. The molecule has 1 amide bonds. The zero-order chi connectivity index (χ0) is 20.4. The average Bonchev–Trinajstić information content (AvgIpc) is 2.90. The van der Waals surface area contributed by atoms with E-state index < -0.39 is 10.0 Å². The third-order valence-corrected chi connectivity index (χ3v) is 6.95. The van der Waals surface area contributed by atoms with Gasteiger partial charge in [-0.05, 0) is 49.2 Å². The molecule has 1 aliphatic heterocycles. The lowest BCUT2D eigenvalue weighted by atomic mass is 10.2. The Balaban J connectivity index is 1.56. The molecular weight excluding hydrogens is 390 g/mol. The molecule has 0 spiro atoms. The molecule has 0 saturated carbocycles. The fourth-order valence-electron chi connectivity index (χ4n) is 3.55. The van der Waals surface area contributed by atoms with Crippen molar-refractivity contribution in [2.45, 2.75) is 37.5 Å². The van der Waals surface area contributed by atoms with Crippen LogP contribution in [0.3, 0.4) is 0 Å². The van der Waals surface area contributed by atoms with Crippen molar-refractivity contribution >= 4 is 32.7 Å². The zero-order valence-electron chi connectivity index (χ0n) is 16.2. The van der Waals surface area contributed by atoms with E-state index in [0.29, 0.717) is 35.8 Å². The number of nitrogens with zero attached hydrogens (tertiary/aromatic N) is 2. The molecule has 29 heavy (non-hydrogen) atoms. The van der Waals surface area contributed by atoms with E-state index in [0.717, 1.165) is 25.7 Å². The maximum atomic E-state index is 13.0. The van der Waals surface area contributed by atoms with Crippen LogP contribution in [0.2, 0.25) is 0 Å². The fraction of sp³-hybridized carbons (Fsp3) is 0.333. The van der Waals surface area contributed by atoms with Crippen molar-refractivity contribution < 1.29 is 17.6 Å². The highest BCUT2D eigenvalue weighted by molar-refractivity contribution is 7.89. The summed E-state index contributed by atoms with van der Waals surface area (Å²) in [5, 5.41) is 2.80. The van der Waals surface area contributed by atoms with Gasteiger partial charge in [-0.25, -0.2) is 13.4 Å². The number of sulfonamides is 1. The lowest BCUT2D eigenvalue weighted by Crippen LogP contribution is -2.32. The molecule has 1 N–H and O–H groups in total. The van der Waals surface area contributed by atoms with E-state index >= 15 is 0 Å². The highest BCUT2D eigenvalue weighted by Gasteiger charge is 2.25. The molecular formula is C21H23N3O4S. The van der Waals surface area contributed by atoms with Crippen LogP contribution >= 0.6 is 0 Å². The van der Waals surface area contributed by atoms with E-state index in [-0.39, 0.29) is 16.4 Å². The van der Waals surface area contributed by atoms with Crippen LogP contribution in [0.25, 0.3) is 11.1 Å². The van der Waals surface area contributed by atoms with E-state index in [9.17, 15) is 13.2 Å². The molecule has 0 aliphatic carbocycles. The van der Waals surface area contributed by atoms with Crippen LogP contribution in [0.4, 0.5) is 5.69 Å². The van der Waals surface area contributed by atoms with Gasteiger partial charge in [0.2, 0.25) is 10.0 Å². The summed E-state index contributed by atoms with van der Waals surface area (Å²) in [6.45, 7) is 2.81. The molecule has 8 heteroatoms. The second-order valence-electron chi connectivity index (χ2n) is 7.22. The van der Waals surface area contributed by atoms with Crippen LogP contribution in [-0.4, -0.2) is 36.7 Å². The summed E-state index contributed by atoms with van der Waals surface area (Å²) < 4.78 is 33.0. The average molecular weight is 413 g/mol. The fourth-order valence-corrected chi connectivity index (χ4v) is 5.12. The Morgan fingerprint density at radius 2 is 1.83 bits per heavy atom. The summed E-state index contributed by atoms with van der Waals surface area (Å²) in [6, 6.07) is 11.4. The van der Waals surface area contributed by atoms with Crippen molar-refractivity contribution in [1.29, 1.82) is 0 Å². The Morgan fingerprint density at radius 3 is 2.59 bits per heavy atom. The molecule has 0 unspecified atom stereocenters. The quantitative estimate of drug-likeness (QED) is 0.699. The second-order valence-corrected chi connectivity index (χ2v) is 9.15. The van der Waals surface area contributed by atoms with Crippen LogP contribution < -0.4 is 5.32 Å². The molecule has 1 saturated heterocycles. The van der Waals surface area contributed by atoms with E-state index in [1.54, 1.807) is 43.3 Å². The number of fused-ring (bicyclic) bond motifs is 1. The number of carbonyl (C=O) groups excluding carboxylic acids is 1. The van der Waals surface area contributed by atoms with E-state index in [1.807, 2.05) is 0 Å². The van der Waals surface area contributed by atoms with Gasteiger partial charge in [-0.2, -0.15) is 4.31 Å². The molecule has 152 valence electrons. The Labute approximate surface area is 169 Å². The monoisotopic (exact) mass is 413 g/mol. The molecule has 2 aromatic carbocycles. The number of anilines is 1. The van der Waals surface area contributed by atoms with Crippen LogP contribution in [0.5, 0.6) is 0 Å². The number of oxazole rings is 1. The Bertz CT molecular complexity index is 1150. The highest BCUT2D eigenvalue weighted by atomic mass is 32.2. The number of nitrogens with one attached hydrogen (secondary N) is 1. The number of aryl methyl sites for hydroxylation is 1. The summed E-state index contributed by atoms with van der Waals surface area (Å²) in [5.74, 6) is 0.174. The first-order chi connectivity index (χ1) is 13.9. The summed E-state index contributed by atoms with van der Waals surface area (Å²) in [6.07, 6.45) is 3.82. The van der Waals surface area contributed by atoms with Gasteiger partial charge in [0.05, 0.1) is 4.90 Å². The molecule has 7 nitrogen and oxygen atoms in total. The van der Waals surface area contributed by atoms with Crippen molar-refractivity contribution in [3.8, 4) is 0 Å². The number of hydrogen-bond acceptors (Lipinski definition) is 5. The summed E-state index contributed by atoms with van der Waals surface area (Å²) in [4.78, 5) is 17.1. The maximum absolute atomic E-state index is 13.0. The van der Waals surface area contributed by atoms with E-state index in [2.05, 4.69) is 10.3 Å².